The van der Waals surface area contributed by atoms with Gasteiger partial charge in [0, 0.05) is 13.6 Å². The van der Waals surface area contributed by atoms with Crippen molar-refractivity contribution in [2.24, 2.45) is 17.2 Å². The molecular weight excluding hydrogens is 256 g/mol. The van der Waals surface area contributed by atoms with E-state index in [9.17, 15) is 19.2 Å². The van der Waals surface area contributed by atoms with Gasteiger partial charge in [0.25, 0.3) is 17.7 Å². The van der Waals surface area contributed by atoms with Crippen LogP contribution in [-0.4, -0.2) is 59.9 Å². The molecule has 5 amide bonds. The fraction of sp³-hybridized carbons (Fsp3) is 0.556. The van der Waals surface area contributed by atoms with Crippen molar-refractivity contribution in [3.05, 3.63) is 0 Å². The van der Waals surface area contributed by atoms with Gasteiger partial charge in [-0.15, -0.1) is 0 Å². The quantitative estimate of drug-likeness (QED) is 0.304. The first-order chi connectivity index (χ1) is 8.81. The standard InChI is InChI=1S/C9H18N6O4/c1-3-14(5(16)4-10)15(9(12)19)6(7(11)17)8(18)13-2/h6H,3-4,10H2,1-2H3,(H2,11,17)(H2,12,19)(H,13,18). The van der Waals surface area contributed by atoms with E-state index in [1.54, 1.807) is 0 Å². The summed E-state index contributed by atoms with van der Waals surface area (Å²) in [5, 5.41) is 3.45. The molecule has 1 atom stereocenters. The molecule has 0 fully saturated rings. The van der Waals surface area contributed by atoms with Crippen molar-refractivity contribution in [1.29, 1.82) is 0 Å². The maximum Gasteiger partial charge on any atom is 0.334 e. The second-order valence-electron chi connectivity index (χ2n) is 3.42. The summed E-state index contributed by atoms with van der Waals surface area (Å²) in [6, 6.07) is -2.89. The van der Waals surface area contributed by atoms with E-state index in [0.717, 1.165) is 5.01 Å². The fourth-order valence-corrected chi connectivity index (χ4v) is 1.44. The van der Waals surface area contributed by atoms with E-state index in [2.05, 4.69) is 5.32 Å². The summed E-state index contributed by atoms with van der Waals surface area (Å²) in [4.78, 5) is 45.9. The molecule has 10 nitrogen and oxygen atoms in total. The number of primary amides is 2. The monoisotopic (exact) mass is 274 g/mol. The first-order valence-electron chi connectivity index (χ1n) is 5.41. The van der Waals surface area contributed by atoms with Crippen LogP contribution < -0.4 is 22.5 Å². The molecule has 0 rings (SSSR count). The number of carbonyl (C=O) groups is 4. The van der Waals surface area contributed by atoms with Gasteiger partial charge in [0.15, 0.2) is 0 Å². The van der Waals surface area contributed by atoms with Crippen LogP contribution >= 0.6 is 0 Å². The molecule has 10 heteroatoms. The van der Waals surface area contributed by atoms with Crippen molar-refractivity contribution in [2.45, 2.75) is 13.0 Å². The number of hydrazine groups is 1. The number of hydrogen-bond donors (Lipinski definition) is 4. The molecule has 1 unspecified atom stereocenters. The lowest BCUT2D eigenvalue weighted by atomic mass is 10.2. The highest BCUT2D eigenvalue weighted by Crippen LogP contribution is 2.06. The number of urea groups is 1. The van der Waals surface area contributed by atoms with E-state index in [0.29, 0.717) is 5.01 Å². The van der Waals surface area contributed by atoms with Gasteiger partial charge in [0.1, 0.15) is 0 Å². The number of nitrogens with zero attached hydrogens (tertiary/aromatic N) is 2. The average molecular weight is 274 g/mol. The van der Waals surface area contributed by atoms with Crippen molar-refractivity contribution >= 4 is 23.8 Å². The largest absolute Gasteiger partial charge is 0.367 e. The van der Waals surface area contributed by atoms with E-state index in [-0.39, 0.29) is 6.54 Å². The summed E-state index contributed by atoms with van der Waals surface area (Å²) < 4.78 is 0. The number of amides is 5. The number of likely N-dealkylation sites (N-methyl/N-ethyl adjacent to an activating group) is 2. The van der Waals surface area contributed by atoms with Gasteiger partial charge in [-0.1, -0.05) is 0 Å². The normalized spacial score (nSPS) is 11.3. The van der Waals surface area contributed by atoms with Gasteiger partial charge >= 0.3 is 6.03 Å². The molecule has 0 radical (unpaired) electrons. The van der Waals surface area contributed by atoms with Crippen LogP contribution in [0.3, 0.4) is 0 Å². The van der Waals surface area contributed by atoms with Crippen LogP contribution in [0.5, 0.6) is 0 Å². The first kappa shape index (κ1) is 16.6. The van der Waals surface area contributed by atoms with E-state index >= 15 is 0 Å². The molecular formula is C9H18N6O4. The summed E-state index contributed by atoms with van der Waals surface area (Å²) >= 11 is 0. The van der Waals surface area contributed by atoms with Gasteiger partial charge < -0.3 is 22.5 Å². The van der Waals surface area contributed by atoms with Crippen LogP contribution in [0, 0.1) is 0 Å². The lowest BCUT2D eigenvalue weighted by Gasteiger charge is -2.35. The highest BCUT2D eigenvalue weighted by Gasteiger charge is 2.38. The number of carbonyl (C=O) groups excluding carboxylic acids is 4. The van der Waals surface area contributed by atoms with Crippen molar-refractivity contribution in [1.82, 2.24) is 15.3 Å². The maximum absolute atomic E-state index is 11.6. The Balaban J connectivity index is 5.59. The molecule has 0 spiro atoms. The molecule has 19 heavy (non-hydrogen) atoms. The van der Waals surface area contributed by atoms with Gasteiger partial charge in [0.2, 0.25) is 6.04 Å². The Kier molecular flexibility index (Phi) is 6.27. The molecule has 0 aliphatic carbocycles. The number of nitrogens with two attached hydrogens (primary N) is 3. The smallest absolute Gasteiger partial charge is 0.334 e. The highest BCUT2D eigenvalue weighted by atomic mass is 16.2. The van der Waals surface area contributed by atoms with Crippen LogP contribution in [0.2, 0.25) is 0 Å². The van der Waals surface area contributed by atoms with E-state index in [4.69, 9.17) is 17.2 Å². The number of hydrogen-bond acceptors (Lipinski definition) is 5. The first-order valence-corrected chi connectivity index (χ1v) is 5.41. The fourth-order valence-electron chi connectivity index (χ4n) is 1.44. The van der Waals surface area contributed by atoms with Crippen molar-refractivity contribution in [3.63, 3.8) is 0 Å². The van der Waals surface area contributed by atoms with Gasteiger partial charge in [-0.3, -0.25) is 14.4 Å². The molecule has 0 aliphatic rings. The highest BCUT2D eigenvalue weighted by molar-refractivity contribution is 6.06. The summed E-state index contributed by atoms with van der Waals surface area (Å²) in [7, 11) is 1.25. The minimum absolute atomic E-state index is 0.0141. The summed E-state index contributed by atoms with van der Waals surface area (Å²) in [5.41, 5.74) is 15.4. The predicted molar refractivity (Wildman–Crippen MR) is 64.9 cm³/mol. The summed E-state index contributed by atoms with van der Waals surface area (Å²) in [5.74, 6) is -2.67. The lowest BCUT2D eigenvalue weighted by Crippen LogP contribution is -2.64. The van der Waals surface area contributed by atoms with Gasteiger partial charge in [-0.05, 0) is 6.92 Å². The zero-order chi connectivity index (χ0) is 15.2. The van der Waals surface area contributed by atoms with E-state index in [1.807, 2.05) is 0 Å². The number of nitrogens with one attached hydrogen (secondary N) is 1. The summed E-state index contributed by atoms with van der Waals surface area (Å²) in [6.07, 6.45) is 0. The van der Waals surface area contributed by atoms with Crippen LogP contribution in [0.25, 0.3) is 0 Å². The zero-order valence-corrected chi connectivity index (χ0v) is 10.8. The Morgan fingerprint density at radius 2 is 1.74 bits per heavy atom. The Morgan fingerprint density at radius 1 is 1.21 bits per heavy atom. The second kappa shape index (κ2) is 7.16. The topological polar surface area (TPSA) is 165 Å². The third kappa shape index (κ3) is 3.81. The van der Waals surface area contributed by atoms with Crippen molar-refractivity contribution in [3.8, 4) is 0 Å². The molecule has 0 aromatic carbocycles. The lowest BCUT2D eigenvalue weighted by molar-refractivity contribution is -0.152. The second-order valence-corrected chi connectivity index (χ2v) is 3.42. The average Bonchev–Trinajstić information content (AvgIpc) is 2.36. The van der Waals surface area contributed by atoms with Crippen LogP contribution in [0.15, 0.2) is 0 Å². The number of rotatable bonds is 5. The minimum Gasteiger partial charge on any atom is -0.367 e. The third-order valence-electron chi connectivity index (χ3n) is 2.26. The SMILES string of the molecule is CCN(C(=O)CN)N(C(N)=O)C(C(N)=O)C(=O)NC. The Morgan fingerprint density at radius 3 is 2.00 bits per heavy atom. The van der Waals surface area contributed by atoms with Crippen LogP contribution in [-0.2, 0) is 14.4 Å². The molecule has 0 aromatic rings. The van der Waals surface area contributed by atoms with Crippen LogP contribution in [0.4, 0.5) is 4.79 Å². The summed E-state index contributed by atoms with van der Waals surface area (Å²) in [6.45, 7) is 1.09. The van der Waals surface area contributed by atoms with Gasteiger partial charge in [-0.2, -0.15) is 0 Å². The Labute approximate surface area is 109 Å². The van der Waals surface area contributed by atoms with Gasteiger partial charge in [0.05, 0.1) is 6.54 Å². The van der Waals surface area contributed by atoms with Crippen molar-refractivity contribution in [2.75, 3.05) is 20.1 Å². The third-order valence-corrected chi connectivity index (χ3v) is 2.26. The molecule has 0 saturated carbocycles. The molecule has 0 heterocycles. The molecule has 0 bridgehead atoms. The van der Waals surface area contributed by atoms with Crippen LogP contribution in [0.1, 0.15) is 6.92 Å². The molecule has 0 saturated heterocycles. The van der Waals surface area contributed by atoms with E-state index < -0.39 is 36.3 Å². The zero-order valence-electron chi connectivity index (χ0n) is 10.8. The Hall–Kier alpha value is -2.36. The molecule has 7 N–H and O–H groups in total. The Bertz CT molecular complexity index is 385. The predicted octanol–water partition coefficient (Wildman–Crippen LogP) is -3.31. The van der Waals surface area contributed by atoms with Crippen molar-refractivity contribution < 1.29 is 19.2 Å². The maximum atomic E-state index is 11.6. The molecule has 108 valence electrons. The molecule has 0 aliphatic heterocycles. The molecule has 0 aromatic heterocycles. The minimum atomic E-state index is -1.72. The van der Waals surface area contributed by atoms with Gasteiger partial charge in [-0.25, -0.2) is 14.8 Å². The van der Waals surface area contributed by atoms with E-state index in [1.165, 1.54) is 14.0 Å².